The van der Waals surface area contributed by atoms with Gasteiger partial charge in [-0.1, -0.05) is 38.0 Å². The van der Waals surface area contributed by atoms with Crippen LogP contribution in [0.5, 0.6) is 0 Å². The molecule has 0 aromatic carbocycles. The number of thiophene rings is 1. The second-order valence-corrected chi connectivity index (χ2v) is 7.84. The van der Waals surface area contributed by atoms with Crippen molar-refractivity contribution in [1.82, 2.24) is 15.3 Å². The van der Waals surface area contributed by atoms with E-state index in [4.69, 9.17) is 6.42 Å². The molecule has 2 heterocycles. The van der Waals surface area contributed by atoms with E-state index in [1.165, 1.54) is 23.1 Å². The fourth-order valence-corrected chi connectivity index (χ4v) is 4.10. The van der Waals surface area contributed by atoms with Gasteiger partial charge >= 0.3 is 0 Å². The van der Waals surface area contributed by atoms with Gasteiger partial charge < -0.3 is 10.3 Å². The molecule has 0 saturated heterocycles. The van der Waals surface area contributed by atoms with Gasteiger partial charge in [0.25, 0.3) is 5.56 Å². The van der Waals surface area contributed by atoms with Crippen molar-refractivity contribution in [2.24, 2.45) is 5.92 Å². The molecular weight excluding hydrogens is 342 g/mol. The van der Waals surface area contributed by atoms with Crippen LogP contribution in [0.15, 0.2) is 9.95 Å². The van der Waals surface area contributed by atoms with Crippen molar-refractivity contribution in [3.8, 4) is 12.3 Å². The highest BCUT2D eigenvalue weighted by Gasteiger charge is 2.17. The maximum absolute atomic E-state index is 12.5. The van der Waals surface area contributed by atoms with Crippen molar-refractivity contribution in [2.45, 2.75) is 38.8 Å². The van der Waals surface area contributed by atoms with E-state index >= 15 is 0 Å². The number of H-pyrrole nitrogens is 1. The van der Waals surface area contributed by atoms with Gasteiger partial charge in [0.05, 0.1) is 17.7 Å². The lowest BCUT2D eigenvalue weighted by atomic mass is 9.98. The Morgan fingerprint density at radius 1 is 1.54 bits per heavy atom. The monoisotopic (exact) mass is 363 g/mol. The van der Waals surface area contributed by atoms with E-state index in [1.807, 2.05) is 6.92 Å². The van der Waals surface area contributed by atoms with Crippen molar-refractivity contribution in [3.63, 3.8) is 0 Å². The number of rotatable bonds is 7. The van der Waals surface area contributed by atoms with Gasteiger partial charge in [-0.05, 0) is 24.8 Å². The summed E-state index contributed by atoms with van der Waals surface area (Å²) in [5, 5.41) is 3.73. The number of nitrogens with zero attached hydrogens (tertiary/aromatic N) is 1. The third kappa shape index (κ3) is 4.40. The summed E-state index contributed by atoms with van der Waals surface area (Å²) in [6.45, 7) is 6.57. The third-order valence-corrected chi connectivity index (χ3v) is 5.73. The van der Waals surface area contributed by atoms with E-state index < -0.39 is 0 Å². The van der Waals surface area contributed by atoms with Crippen LogP contribution in [0, 0.1) is 25.2 Å². The molecule has 0 aliphatic heterocycles. The first-order chi connectivity index (χ1) is 11.5. The van der Waals surface area contributed by atoms with Gasteiger partial charge in [-0.2, -0.15) is 0 Å². The van der Waals surface area contributed by atoms with E-state index in [0.29, 0.717) is 16.5 Å². The standard InChI is InChI=1S/C17H21N3O2S2/c1-5-7-18-13(21)9-23-17-19-15(22)14-12(8-10(3)6-2)11(4)24-16(14)20-17/h1,10H,6-9H2,2-4H3,(H,18,21)(H,19,20,22). The Kier molecular flexibility index (Phi) is 6.46. The highest BCUT2D eigenvalue weighted by molar-refractivity contribution is 7.99. The zero-order chi connectivity index (χ0) is 17.7. The zero-order valence-corrected chi connectivity index (χ0v) is 15.7. The number of aromatic nitrogens is 2. The van der Waals surface area contributed by atoms with Gasteiger partial charge in [0.1, 0.15) is 4.83 Å². The van der Waals surface area contributed by atoms with E-state index in [9.17, 15) is 9.59 Å². The van der Waals surface area contributed by atoms with Gasteiger partial charge in [0.2, 0.25) is 5.91 Å². The van der Waals surface area contributed by atoms with E-state index in [1.54, 1.807) is 0 Å². The molecule has 1 unspecified atom stereocenters. The van der Waals surface area contributed by atoms with Crippen molar-refractivity contribution >= 4 is 39.2 Å². The molecule has 0 saturated carbocycles. The molecule has 2 aromatic rings. The van der Waals surface area contributed by atoms with Crippen molar-refractivity contribution in [1.29, 1.82) is 0 Å². The summed E-state index contributed by atoms with van der Waals surface area (Å²) in [7, 11) is 0. The van der Waals surface area contributed by atoms with Crippen LogP contribution in [0.25, 0.3) is 10.2 Å². The van der Waals surface area contributed by atoms with Crippen LogP contribution in [0.1, 0.15) is 30.7 Å². The Labute approximate surface area is 149 Å². The number of fused-ring (bicyclic) bond motifs is 1. The van der Waals surface area contributed by atoms with Crippen LogP contribution in [-0.4, -0.2) is 28.2 Å². The topological polar surface area (TPSA) is 74.8 Å². The Bertz CT molecular complexity index is 833. The Balaban J connectivity index is 2.23. The van der Waals surface area contributed by atoms with E-state index in [0.717, 1.165) is 28.1 Å². The number of amides is 1. The minimum atomic E-state index is -0.180. The van der Waals surface area contributed by atoms with Crippen LogP contribution < -0.4 is 10.9 Å². The Morgan fingerprint density at radius 3 is 2.96 bits per heavy atom. The largest absolute Gasteiger partial charge is 0.344 e. The molecule has 0 bridgehead atoms. The number of carbonyl (C=O) groups is 1. The number of terminal acetylenes is 1. The van der Waals surface area contributed by atoms with Gasteiger partial charge in [0.15, 0.2) is 5.16 Å². The molecular formula is C17H21N3O2S2. The second kappa shape index (κ2) is 8.36. The summed E-state index contributed by atoms with van der Waals surface area (Å²) < 4.78 is 0. The molecule has 128 valence electrons. The lowest BCUT2D eigenvalue weighted by Crippen LogP contribution is -2.25. The zero-order valence-electron chi connectivity index (χ0n) is 14.1. The fraction of sp³-hybridized carbons (Fsp3) is 0.471. The summed E-state index contributed by atoms with van der Waals surface area (Å²) >= 11 is 2.74. The SMILES string of the molecule is C#CCNC(=O)CSc1nc2sc(C)c(CC(C)CC)c2c(=O)[nH]1. The maximum atomic E-state index is 12.5. The molecule has 24 heavy (non-hydrogen) atoms. The third-order valence-electron chi connectivity index (χ3n) is 3.82. The molecule has 0 fully saturated rings. The summed E-state index contributed by atoms with van der Waals surface area (Å²) in [6.07, 6.45) is 7.05. The highest BCUT2D eigenvalue weighted by Crippen LogP contribution is 2.30. The molecule has 1 amide bonds. The van der Waals surface area contributed by atoms with E-state index in [-0.39, 0.29) is 23.8 Å². The van der Waals surface area contributed by atoms with Crippen LogP contribution in [0.4, 0.5) is 0 Å². The van der Waals surface area contributed by atoms with Gasteiger partial charge in [-0.25, -0.2) is 4.98 Å². The summed E-state index contributed by atoms with van der Waals surface area (Å²) in [5.41, 5.74) is 0.968. The highest BCUT2D eigenvalue weighted by atomic mass is 32.2. The molecule has 1 atom stereocenters. The van der Waals surface area contributed by atoms with Gasteiger partial charge in [-0.15, -0.1) is 17.8 Å². The van der Waals surface area contributed by atoms with E-state index in [2.05, 4.69) is 35.1 Å². The van der Waals surface area contributed by atoms with Crippen molar-refractivity contribution < 1.29 is 4.79 Å². The number of aromatic amines is 1. The molecule has 2 aromatic heterocycles. The maximum Gasteiger partial charge on any atom is 0.260 e. The number of nitrogens with one attached hydrogen (secondary N) is 2. The summed E-state index contributed by atoms with van der Waals surface area (Å²) in [4.78, 5) is 33.3. The lowest BCUT2D eigenvalue weighted by molar-refractivity contribution is -0.118. The summed E-state index contributed by atoms with van der Waals surface area (Å²) in [6, 6.07) is 0. The molecule has 2 rings (SSSR count). The Morgan fingerprint density at radius 2 is 2.29 bits per heavy atom. The molecule has 0 aliphatic carbocycles. The number of hydrogen-bond donors (Lipinski definition) is 2. The first-order valence-electron chi connectivity index (χ1n) is 7.81. The number of hydrogen-bond acceptors (Lipinski definition) is 5. The molecule has 0 aliphatic rings. The second-order valence-electron chi connectivity index (χ2n) is 5.68. The minimum Gasteiger partial charge on any atom is -0.344 e. The number of aryl methyl sites for hydroxylation is 1. The normalized spacial score (nSPS) is 12.1. The first-order valence-corrected chi connectivity index (χ1v) is 9.61. The smallest absolute Gasteiger partial charge is 0.260 e. The average molecular weight is 364 g/mol. The molecule has 0 radical (unpaired) electrons. The number of thioether (sulfide) groups is 1. The minimum absolute atomic E-state index is 0.130. The Hall–Kier alpha value is -1.78. The van der Waals surface area contributed by atoms with Crippen molar-refractivity contribution in [2.75, 3.05) is 12.3 Å². The van der Waals surface area contributed by atoms with Gasteiger partial charge in [-0.3, -0.25) is 9.59 Å². The molecule has 0 spiro atoms. The predicted molar refractivity (Wildman–Crippen MR) is 101 cm³/mol. The first kappa shape index (κ1) is 18.6. The van der Waals surface area contributed by atoms with Crippen LogP contribution in [-0.2, 0) is 11.2 Å². The van der Waals surface area contributed by atoms with Crippen molar-refractivity contribution in [3.05, 3.63) is 20.8 Å². The van der Waals surface area contributed by atoms with Crippen LogP contribution in [0.2, 0.25) is 0 Å². The van der Waals surface area contributed by atoms with Crippen LogP contribution in [0.3, 0.4) is 0 Å². The quantitative estimate of drug-likeness (QED) is 0.451. The fourth-order valence-electron chi connectivity index (χ4n) is 2.30. The van der Waals surface area contributed by atoms with Gasteiger partial charge in [0, 0.05) is 4.88 Å². The predicted octanol–water partition coefficient (Wildman–Crippen LogP) is 2.72. The molecule has 2 N–H and O–H groups in total. The lowest BCUT2D eigenvalue weighted by Gasteiger charge is -2.08. The van der Waals surface area contributed by atoms with Crippen LogP contribution >= 0.6 is 23.1 Å². The molecule has 7 heteroatoms. The summed E-state index contributed by atoms with van der Waals surface area (Å²) in [5.74, 6) is 2.86. The molecule has 5 nitrogen and oxygen atoms in total. The number of carbonyl (C=O) groups excluding carboxylic acids is 1. The average Bonchev–Trinajstić information content (AvgIpc) is 2.86.